The zero-order chi connectivity index (χ0) is 14.6. The van der Waals surface area contributed by atoms with Gasteiger partial charge in [-0.2, -0.15) is 0 Å². The number of primary sulfonamides is 1. The van der Waals surface area contributed by atoms with Crippen LogP contribution in [-0.2, 0) is 14.8 Å². The van der Waals surface area contributed by atoms with E-state index in [2.05, 4.69) is 10.5 Å². The number of nitrogens with zero attached hydrogens (tertiary/aromatic N) is 1. The normalized spacial score (nSPS) is 13.9. The van der Waals surface area contributed by atoms with Gasteiger partial charge >= 0.3 is 0 Å². The number of carbonyl (C=O) groups is 1. The number of amidine groups is 1. The van der Waals surface area contributed by atoms with E-state index in [1.54, 1.807) is 0 Å². The van der Waals surface area contributed by atoms with Crippen LogP contribution in [0.15, 0.2) is 34.3 Å². The number of rotatable bonds is 4. The van der Waals surface area contributed by atoms with Crippen molar-refractivity contribution in [2.24, 2.45) is 21.9 Å². The largest absolute Gasteiger partial charge is 0.409 e. The first-order valence-electron chi connectivity index (χ1n) is 5.17. The predicted octanol–water partition coefficient (Wildman–Crippen LogP) is -0.345. The molecule has 0 fully saturated rings. The fraction of sp³-hybridized carbons (Fsp3) is 0.200. The number of oxime groups is 1. The summed E-state index contributed by atoms with van der Waals surface area (Å²) in [4.78, 5) is 11.6. The lowest BCUT2D eigenvalue weighted by Gasteiger charge is -2.11. The van der Waals surface area contributed by atoms with E-state index in [0.29, 0.717) is 0 Å². The zero-order valence-electron chi connectivity index (χ0n) is 10.1. The molecule has 1 aromatic rings. The highest BCUT2D eigenvalue weighted by Crippen LogP contribution is 2.15. The number of benzene rings is 1. The first-order valence-corrected chi connectivity index (χ1v) is 6.71. The van der Waals surface area contributed by atoms with Crippen molar-refractivity contribution in [3.63, 3.8) is 0 Å². The molecule has 0 saturated heterocycles. The Labute approximate surface area is 110 Å². The van der Waals surface area contributed by atoms with Gasteiger partial charge in [-0.15, -0.1) is 0 Å². The third kappa shape index (κ3) is 3.93. The number of sulfonamides is 1. The van der Waals surface area contributed by atoms with Crippen LogP contribution in [0.4, 0.5) is 5.69 Å². The SMILES string of the molecule is CC(C(=O)Nc1cccc(S(N)(=O)=O)c1)C(N)=NO. The van der Waals surface area contributed by atoms with Crippen molar-refractivity contribution in [1.29, 1.82) is 0 Å². The van der Waals surface area contributed by atoms with Crippen molar-refractivity contribution in [2.75, 3.05) is 5.32 Å². The summed E-state index contributed by atoms with van der Waals surface area (Å²) in [6.07, 6.45) is 0. The van der Waals surface area contributed by atoms with E-state index in [1.807, 2.05) is 0 Å². The van der Waals surface area contributed by atoms with Crippen molar-refractivity contribution in [3.05, 3.63) is 24.3 Å². The van der Waals surface area contributed by atoms with Crippen LogP contribution in [0.5, 0.6) is 0 Å². The van der Waals surface area contributed by atoms with Gasteiger partial charge in [0.2, 0.25) is 15.9 Å². The lowest BCUT2D eigenvalue weighted by molar-refractivity contribution is -0.117. The summed E-state index contributed by atoms with van der Waals surface area (Å²) in [6, 6.07) is 5.44. The van der Waals surface area contributed by atoms with E-state index >= 15 is 0 Å². The Hall–Kier alpha value is -2.13. The first kappa shape index (κ1) is 14.9. The van der Waals surface area contributed by atoms with E-state index in [9.17, 15) is 13.2 Å². The molecule has 0 saturated carbocycles. The molecule has 0 bridgehead atoms. The lowest BCUT2D eigenvalue weighted by atomic mass is 10.1. The van der Waals surface area contributed by atoms with Crippen molar-refractivity contribution >= 4 is 27.5 Å². The van der Waals surface area contributed by atoms with Crippen LogP contribution in [0.1, 0.15) is 6.92 Å². The Morgan fingerprint density at radius 1 is 1.47 bits per heavy atom. The zero-order valence-corrected chi connectivity index (χ0v) is 10.9. The average molecular weight is 286 g/mol. The Kier molecular flexibility index (Phi) is 4.46. The fourth-order valence-corrected chi connectivity index (χ4v) is 1.78. The second-order valence-electron chi connectivity index (χ2n) is 3.81. The predicted molar refractivity (Wildman–Crippen MR) is 69.0 cm³/mol. The topological polar surface area (TPSA) is 148 Å². The van der Waals surface area contributed by atoms with Crippen LogP contribution in [0.2, 0.25) is 0 Å². The molecule has 0 aromatic heterocycles. The van der Waals surface area contributed by atoms with Crippen molar-refractivity contribution in [1.82, 2.24) is 0 Å². The monoisotopic (exact) mass is 286 g/mol. The molecular formula is C10H14N4O4S. The smallest absolute Gasteiger partial charge is 0.238 e. The van der Waals surface area contributed by atoms with Gasteiger partial charge in [-0.25, -0.2) is 13.6 Å². The number of amides is 1. The minimum Gasteiger partial charge on any atom is -0.409 e. The molecular weight excluding hydrogens is 272 g/mol. The van der Waals surface area contributed by atoms with Gasteiger partial charge < -0.3 is 16.3 Å². The maximum absolute atomic E-state index is 11.7. The molecule has 104 valence electrons. The molecule has 1 amide bonds. The quantitative estimate of drug-likeness (QED) is 0.258. The van der Waals surface area contributed by atoms with Gasteiger partial charge in [-0.05, 0) is 25.1 Å². The van der Waals surface area contributed by atoms with Crippen molar-refractivity contribution < 1.29 is 18.4 Å². The second kappa shape index (κ2) is 5.67. The molecule has 0 heterocycles. The van der Waals surface area contributed by atoms with E-state index in [4.69, 9.17) is 16.1 Å². The number of carbonyl (C=O) groups excluding carboxylic acids is 1. The van der Waals surface area contributed by atoms with E-state index < -0.39 is 21.8 Å². The molecule has 1 atom stereocenters. The third-order valence-corrected chi connectivity index (χ3v) is 3.29. The fourth-order valence-electron chi connectivity index (χ4n) is 1.22. The van der Waals surface area contributed by atoms with E-state index in [-0.39, 0.29) is 16.4 Å². The highest BCUT2D eigenvalue weighted by Gasteiger charge is 2.18. The number of nitrogens with two attached hydrogens (primary N) is 2. The number of anilines is 1. The number of hydrogen-bond acceptors (Lipinski definition) is 5. The second-order valence-corrected chi connectivity index (χ2v) is 5.37. The van der Waals surface area contributed by atoms with Crippen LogP contribution in [0.3, 0.4) is 0 Å². The molecule has 0 aliphatic rings. The van der Waals surface area contributed by atoms with E-state index in [1.165, 1.54) is 31.2 Å². The Bertz CT molecular complexity index is 612. The van der Waals surface area contributed by atoms with E-state index in [0.717, 1.165) is 0 Å². The molecule has 1 rings (SSSR count). The van der Waals surface area contributed by atoms with Gasteiger partial charge in [0.1, 0.15) is 0 Å². The van der Waals surface area contributed by atoms with Crippen LogP contribution in [-0.4, -0.2) is 25.4 Å². The highest BCUT2D eigenvalue weighted by molar-refractivity contribution is 7.89. The summed E-state index contributed by atoms with van der Waals surface area (Å²) < 4.78 is 22.3. The Morgan fingerprint density at radius 3 is 2.63 bits per heavy atom. The van der Waals surface area contributed by atoms with Crippen molar-refractivity contribution in [3.8, 4) is 0 Å². The molecule has 1 aromatic carbocycles. The third-order valence-electron chi connectivity index (χ3n) is 2.38. The maximum Gasteiger partial charge on any atom is 0.238 e. The molecule has 8 nitrogen and oxygen atoms in total. The minimum atomic E-state index is -3.84. The summed E-state index contributed by atoms with van der Waals surface area (Å²) in [6.45, 7) is 1.44. The first-order chi connectivity index (χ1) is 8.75. The summed E-state index contributed by atoms with van der Waals surface area (Å²) in [5, 5.41) is 18.6. The number of hydrogen-bond donors (Lipinski definition) is 4. The van der Waals surface area contributed by atoms with Crippen molar-refractivity contribution in [2.45, 2.75) is 11.8 Å². The van der Waals surface area contributed by atoms with Gasteiger partial charge in [0, 0.05) is 5.69 Å². The van der Waals surface area contributed by atoms with Gasteiger partial charge in [0.25, 0.3) is 0 Å². The number of nitrogens with one attached hydrogen (secondary N) is 1. The standard InChI is InChI=1S/C10H14N4O4S/c1-6(9(11)14-16)10(15)13-7-3-2-4-8(5-7)19(12,17)18/h2-6,16H,1H3,(H2,11,14)(H,13,15)(H2,12,17,18). The van der Waals surface area contributed by atoms with Crippen LogP contribution in [0.25, 0.3) is 0 Å². The molecule has 0 aliphatic carbocycles. The minimum absolute atomic E-state index is 0.123. The molecule has 6 N–H and O–H groups in total. The summed E-state index contributed by atoms with van der Waals surface area (Å²) in [7, 11) is -3.84. The average Bonchev–Trinajstić information content (AvgIpc) is 2.36. The molecule has 19 heavy (non-hydrogen) atoms. The van der Waals surface area contributed by atoms with Gasteiger partial charge in [-0.3, -0.25) is 4.79 Å². The van der Waals surface area contributed by atoms with Crippen LogP contribution >= 0.6 is 0 Å². The Morgan fingerprint density at radius 2 is 2.11 bits per heavy atom. The molecule has 1 unspecified atom stereocenters. The molecule has 9 heteroatoms. The van der Waals surface area contributed by atoms with Gasteiger partial charge in [0.05, 0.1) is 10.8 Å². The van der Waals surface area contributed by atoms with Crippen LogP contribution in [0, 0.1) is 5.92 Å². The maximum atomic E-state index is 11.7. The molecule has 0 aliphatic heterocycles. The highest BCUT2D eigenvalue weighted by atomic mass is 32.2. The van der Waals surface area contributed by atoms with Gasteiger partial charge in [-0.1, -0.05) is 11.2 Å². The molecule has 0 spiro atoms. The van der Waals surface area contributed by atoms with Gasteiger partial charge in [0.15, 0.2) is 5.84 Å². The lowest BCUT2D eigenvalue weighted by Crippen LogP contribution is -2.32. The Balaban J connectivity index is 2.93. The summed E-state index contributed by atoms with van der Waals surface area (Å²) in [5.41, 5.74) is 5.54. The molecule has 0 radical (unpaired) electrons. The summed E-state index contributed by atoms with van der Waals surface area (Å²) >= 11 is 0. The summed E-state index contributed by atoms with van der Waals surface area (Å²) in [5.74, 6) is -1.65. The van der Waals surface area contributed by atoms with Crippen LogP contribution < -0.4 is 16.2 Å².